The first-order chi connectivity index (χ1) is 11.7. The minimum Gasteiger partial charge on any atom is -0.454 e. The van der Waals surface area contributed by atoms with E-state index in [1.165, 1.54) is 0 Å². The highest BCUT2D eigenvalue weighted by molar-refractivity contribution is 6.00. The molecule has 0 bridgehead atoms. The molecule has 0 spiro atoms. The zero-order valence-electron chi connectivity index (χ0n) is 12.5. The summed E-state index contributed by atoms with van der Waals surface area (Å²) in [6, 6.07) is 13.4. The van der Waals surface area contributed by atoms with Gasteiger partial charge in [-0.25, -0.2) is 0 Å². The van der Waals surface area contributed by atoms with Crippen LogP contribution < -0.4 is 20.1 Å². The van der Waals surface area contributed by atoms with E-state index in [0.717, 1.165) is 0 Å². The minimum atomic E-state index is -0.424. The molecule has 7 heteroatoms. The fourth-order valence-corrected chi connectivity index (χ4v) is 2.18. The van der Waals surface area contributed by atoms with Crippen molar-refractivity contribution in [1.82, 2.24) is 5.32 Å². The van der Waals surface area contributed by atoms with E-state index < -0.39 is 11.8 Å². The summed E-state index contributed by atoms with van der Waals surface area (Å²) in [5.41, 5.74) is 1.12. The quantitative estimate of drug-likeness (QED) is 0.891. The molecule has 1 aliphatic rings. The average Bonchev–Trinajstić information content (AvgIpc) is 3.07. The molecule has 120 valence electrons. The van der Waals surface area contributed by atoms with E-state index in [0.29, 0.717) is 28.3 Å². The SMILES string of the molecule is N#Cc1ccccc1NC(=O)CNC(=O)c1ccc2c(c1)OCO2. The molecule has 0 saturated carbocycles. The van der Waals surface area contributed by atoms with Gasteiger partial charge in [0.25, 0.3) is 5.91 Å². The van der Waals surface area contributed by atoms with Crippen LogP contribution in [0.1, 0.15) is 15.9 Å². The van der Waals surface area contributed by atoms with Crippen molar-refractivity contribution in [3.63, 3.8) is 0 Å². The highest BCUT2D eigenvalue weighted by Crippen LogP contribution is 2.32. The van der Waals surface area contributed by atoms with Crippen LogP contribution in [0.3, 0.4) is 0 Å². The number of hydrogen-bond acceptors (Lipinski definition) is 5. The molecule has 0 saturated heterocycles. The van der Waals surface area contributed by atoms with E-state index in [1.807, 2.05) is 6.07 Å². The summed E-state index contributed by atoms with van der Waals surface area (Å²) in [5, 5.41) is 14.1. The maximum atomic E-state index is 12.1. The molecule has 1 heterocycles. The van der Waals surface area contributed by atoms with Crippen LogP contribution in [0, 0.1) is 11.3 Å². The Balaban J connectivity index is 1.58. The van der Waals surface area contributed by atoms with Gasteiger partial charge in [-0.3, -0.25) is 9.59 Å². The minimum absolute atomic E-state index is 0.126. The molecule has 0 atom stereocenters. The van der Waals surface area contributed by atoms with Crippen molar-refractivity contribution >= 4 is 17.5 Å². The van der Waals surface area contributed by atoms with Gasteiger partial charge in [0.1, 0.15) is 6.07 Å². The van der Waals surface area contributed by atoms with E-state index in [-0.39, 0.29) is 13.3 Å². The lowest BCUT2D eigenvalue weighted by Crippen LogP contribution is -2.33. The lowest BCUT2D eigenvalue weighted by Gasteiger charge is -2.08. The van der Waals surface area contributed by atoms with Gasteiger partial charge in [0.15, 0.2) is 11.5 Å². The summed E-state index contributed by atoms with van der Waals surface area (Å²) in [5.74, 6) is 0.247. The Bertz CT molecular complexity index is 842. The number of benzene rings is 2. The zero-order valence-corrected chi connectivity index (χ0v) is 12.5. The molecule has 0 aromatic heterocycles. The van der Waals surface area contributed by atoms with Crippen LogP contribution in [0.2, 0.25) is 0 Å². The number of para-hydroxylation sites is 1. The second-order valence-corrected chi connectivity index (χ2v) is 4.96. The van der Waals surface area contributed by atoms with Crippen LogP contribution in [0.5, 0.6) is 11.5 Å². The number of ether oxygens (including phenoxy) is 2. The summed E-state index contributed by atoms with van der Waals surface area (Å²) in [7, 11) is 0. The van der Waals surface area contributed by atoms with Crippen LogP contribution in [-0.2, 0) is 4.79 Å². The van der Waals surface area contributed by atoms with Crippen molar-refractivity contribution in [3.8, 4) is 17.6 Å². The summed E-state index contributed by atoms with van der Waals surface area (Å²) >= 11 is 0. The third-order valence-electron chi connectivity index (χ3n) is 3.37. The van der Waals surface area contributed by atoms with Crippen molar-refractivity contribution in [2.45, 2.75) is 0 Å². The lowest BCUT2D eigenvalue weighted by atomic mass is 10.2. The van der Waals surface area contributed by atoms with E-state index in [9.17, 15) is 9.59 Å². The lowest BCUT2D eigenvalue weighted by molar-refractivity contribution is -0.115. The van der Waals surface area contributed by atoms with E-state index in [1.54, 1.807) is 42.5 Å². The Hall–Kier alpha value is -3.53. The van der Waals surface area contributed by atoms with Gasteiger partial charge < -0.3 is 20.1 Å². The Morgan fingerprint density at radius 2 is 1.92 bits per heavy atom. The summed E-state index contributed by atoms with van der Waals surface area (Å²) in [6.07, 6.45) is 0. The molecule has 0 aliphatic carbocycles. The van der Waals surface area contributed by atoms with Crippen LogP contribution in [0.15, 0.2) is 42.5 Å². The Kier molecular flexibility index (Phi) is 4.29. The standard InChI is InChI=1S/C17H13N3O4/c18-8-12-3-1-2-4-13(12)20-16(21)9-19-17(22)11-5-6-14-15(7-11)24-10-23-14/h1-7H,9-10H2,(H,19,22)(H,20,21). The molecule has 0 radical (unpaired) electrons. The number of carbonyl (C=O) groups is 2. The van der Waals surface area contributed by atoms with E-state index >= 15 is 0 Å². The van der Waals surface area contributed by atoms with Gasteiger partial charge in [0.2, 0.25) is 12.7 Å². The van der Waals surface area contributed by atoms with Crippen molar-refractivity contribution in [2.75, 3.05) is 18.7 Å². The van der Waals surface area contributed by atoms with Gasteiger partial charge in [-0.2, -0.15) is 5.26 Å². The first kappa shape index (κ1) is 15.4. The number of nitriles is 1. The fraction of sp³-hybridized carbons (Fsp3) is 0.118. The molecule has 0 unspecified atom stereocenters. The Morgan fingerprint density at radius 3 is 2.75 bits per heavy atom. The number of rotatable bonds is 4. The van der Waals surface area contributed by atoms with Crippen molar-refractivity contribution in [3.05, 3.63) is 53.6 Å². The Morgan fingerprint density at radius 1 is 1.12 bits per heavy atom. The highest BCUT2D eigenvalue weighted by Gasteiger charge is 2.16. The first-order valence-corrected chi connectivity index (χ1v) is 7.14. The van der Waals surface area contributed by atoms with Crippen LogP contribution in [0.4, 0.5) is 5.69 Å². The summed E-state index contributed by atoms with van der Waals surface area (Å²) < 4.78 is 10.4. The molecular formula is C17H13N3O4. The second kappa shape index (κ2) is 6.71. The highest BCUT2D eigenvalue weighted by atomic mass is 16.7. The number of nitrogens with zero attached hydrogens (tertiary/aromatic N) is 1. The molecular weight excluding hydrogens is 310 g/mol. The summed E-state index contributed by atoms with van der Waals surface area (Å²) in [4.78, 5) is 24.0. The van der Waals surface area contributed by atoms with E-state index in [4.69, 9.17) is 14.7 Å². The van der Waals surface area contributed by atoms with Crippen molar-refractivity contribution in [1.29, 1.82) is 5.26 Å². The van der Waals surface area contributed by atoms with E-state index in [2.05, 4.69) is 10.6 Å². The summed E-state index contributed by atoms with van der Waals surface area (Å²) in [6.45, 7) is -0.0891. The normalized spacial score (nSPS) is 11.5. The van der Waals surface area contributed by atoms with Gasteiger partial charge in [-0.1, -0.05) is 12.1 Å². The van der Waals surface area contributed by atoms with Crippen LogP contribution in [-0.4, -0.2) is 25.2 Å². The number of amides is 2. The van der Waals surface area contributed by atoms with Crippen LogP contribution in [0.25, 0.3) is 0 Å². The molecule has 7 nitrogen and oxygen atoms in total. The number of fused-ring (bicyclic) bond motifs is 1. The average molecular weight is 323 g/mol. The number of anilines is 1. The predicted octanol–water partition coefficient (Wildman–Crippen LogP) is 1.66. The molecule has 3 rings (SSSR count). The zero-order chi connectivity index (χ0) is 16.9. The molecule has 2 amide bonds. The number of carbonyl (C=O) groups excluding carboxylic acids is 2. The maximum absolute atomic E-state index is 12.1. The monoisotopic (exact) mass is 323 g/mol. The number of hydrogen-bond donors (Lipinski definition) is 2. The van der Waals surface area contributed by atoms with Gasteiger partial charge in [-0.05, 0) is 30.3 Å². The van der Waals surface area contributed by atoms with Crippen molar-refractivity contribution < 1.29 is 19.1 Å². The molecule has 2 aromatic carbocycles. The van der Waals surface area contributed by atoms with Gasteiger partial charge in [-0.15, -0.1) is 0 Å². The van der Waals surface area contributed by atoms with Gasteiger partial charge >= 0.3 is 0 Å². The smallest absolute Gasteiger partial charge is 0.251 e. The Labute approximate surface area is 137 Å². The molecule has 1 aliphatic heterocycles. The third-order valence-corrected chi connectivity index (χ3v) is 3.37. The first-order valence-electron chi connectivity index (χ1n) is 7.14. The van der Waals surface area contributed by atoms with Crippen molar-refractivity contribution in [2.24, 2.45) is 0 Å². The predicted molar refractivity (Wildman–Crippen MR) is 84.7 cm³/mol. The third kappa shape index (κ3) is 3.28. The number of nitrogens with one attached hydrogen (secondary N) is 2. The molecule has 2 aromatic rings. The fourth-order valence-electron chi connectivity index (χ4n) is 2.18. The van der Waals surface area contributed by atoms with Gasteiger partial charge in [0, 0.05) is 5.56 Å². The molecule has 2 N–H and O–H groups in total. The van der Waals surface area contributed by atoms with Crippen LogP contribution >= 0.6 is 0 Å². The molecule has 0 fully saturated rings. The molecule has 24 heavy (non-hydrogen) atoms. The topological polar surface area (TPSA) is 100 Å². The largest absolute Gasteiger partial charge is 0.454 e. The second-order valence-electron chi connectivity index (χ2n) is 4.96. The maximum Gasteiger partial charge on any atom is 0.251 e. The van der Waals surface area contributed by atoms with Gasteiger partial charge in [0.05, 0.1) is 17.8 Å².